The molecule has 0 saturated heterocycles. The number of anilines is 2. The summed E-state index contributed by atoms with van der Waals surface area (Å²) in [7, 11) is 0. The zero-order chi connectivity index (χ0) is 21.6. The summed E-state index contributed by atoms with van der Waals surface area (Å²) in [5, 5.41) is 7.83. The van der Waals surface area contributed by atoms with Crippen LogP contribution in [0.15, 0.2) is 36.5 Å². The number of amides is 2. The number of pyridine rings is 1. The Hall–Kier alpha value is -2.84. The number of fused-ring (bicyclic) bond motifs is 1. The van der Waals surface area contributed by atoms with E-state index in [1.165, 1.54) is 6.20 Å². The van der Waals surface area contributed by atoms with Gasteiger partial charge >= 0.3 is 0 Å². The van der Waals surface area contributed by atoms with Crippen molar-refractivity contribution in [2.24, 2.45) is 0 Å². The molecule has 1 aliphatic heterocycles. The maximum atomic E-state index is 13.3. The standard InChI is InChI=1S/C22H22ClN5O2.CH4.H2S/c1-12-7-17(5-6-19(12)23)27-11-15(4)28-20(22(27)30)18(10-24-28)21(29)26-16-8-13(2)25-14(3)9-16;;/h5-10,15H,11H2,1-4H3,(H,25,26,29);1H4;1H2/t15-;;/m0../s1. The summed E-state index contributed by atoms with van der Waals surface area (Å²) in [4.78, 5) is 32.3. The van der Waals surface area contributed by atoms with Crippen molar-refractivity contribution in [1.29, 1.82) is 0 Å². The van der Waals surface area contributed by atoms with E-state index >= 15 is 0 Å². The van der Waals surface area contributed by atoms with Crippen LogP contribution in [-0.4, -0.2) is 33.1 Å². The average molecular weight is 474 g/mol. The van der Waals surface area contributed by atoms with Gasteiger partial charge in [-0.2, -0.15) is 18.6 Å². The summed E-state index contributed by atoms with van der Waals surface area (Å²) in [5.74, 6) is -0.643. The van der Waals surface area contributed by atoms with Crippen molar-refractivity contribution in [3.63, 3.8) is 0 Å². The van der Waals surface area contributed by atoms with Crippen LogP contribution >= 0.6 is 25.1 Å². The molecule has 0 radical (unpaired) electrons. The summed E-state index contributed by atoms with van der Waals surface area (Å²) in [6, 6.07) is 8.95. The Morgan fingerprint density at radius 2 is 1.81 bits per heavy atom. The lowest BCUT2D eigenvalue weighted by Crippen LogP contribution is -2.43. The molecule has 7 nitrogen and oxygen atoms in total. The second-order valence-corrected chi connectivity index (χ2v) is 8.05. The number of aromatic nitrogens is 3. The quantitative estimate of drug-likeness (QED) is 0.575. The van der Waals surface area contributed by atoms with E-state index in [0.29, 0.717) is 17.3 Å². The van der Waals surface area contributed by atoms with E-state index in [0.717, 1.165) is 22.6 Å². The third kappa shape index (κ3) is 4.66. The highest BCUT2D eigenvalue weighted by Crippen LogP contribution is 2.30. The van der Waals surface area contributed by atoms with Gasteiger partial charge in [0.15, 0.2) is 0 Å². The minimum absolute atomic E-state index is 0. The van der Waals surface area contributed by atoms with Crippen LogP contribution in [0.5, 0.6) is 0 Å². The topological polar surface area (TPSA) is 80.1 Å². The molecule has 2 aromatic heterocycles. The fourth-order valence-corrected chi connectivity index (χ4v) is 3.87. The van der Waals surface area contributed by atoms with Gasteiger partial charge in [-0.15, -0.1) is 0 Å². The molecule has 0 aliphatic carbocycles. The van der Waals surface area contributed by atoms with Crippen LogP contribution in [0.4, 0.5) is 11.4 Å². The monoisotopic (exact) mass is 473 g/mol. The number of carbonyl (C=O) groups excluding carboxylic acids is 2. The zero-order valence-electron chi connectivity index (χ0n) is 17.7. The predicted octanol–water partition coefficient (Wildman–Crippen LogP) is 5.08. The van der Waals surface area contributed by atoms with Crippen molar-refractivity contribution in [3.05, 3.63) is 69.8 Å². The summed E-state index contributed by atoms with van der Waals surface area (Å²) in [5.41, 5.74) is 4.39. The number of aryl methyl sites for hydroxylation is 3. The molecular weight excluding hydrogens is 446 g/mol. The largest absolute Gasteiger partial charge is 0.322 e. The fraction of sp³-hybridized carbons (Fsp3) is 0.304. The normalized spacial score (nSPS) is 14.8. The Bertz CT molecular complexity index is 1160. The minimum atomic E-state index is -0.379. The van der Waals surface area contributed by atoms with Crippen LogP contribution in [0.1, 0.15) is 58.2 Å². The first kappa shape index (κ1) is 25.4. The van der Waals surface area contributed by atoms with Crippen molar-refractivity contribution < 1.29 is 9.59 Å². The van der Waals surface area contributed by atoms with E-state index in [-0.39, 0.29) is 50.0 Å². The maximum absolute atomic E-state index is 13.3. The smallest absolute Gasteiger partial charge is 0.277 e. The summed E-state index contributed by atoms with van der Waals surface area (Å²) in [6.45, 7) is 8.04. The van der Waals surface area contributed by atoms with Gasteiger partial charge in [0, 0.05) is 34.3 Å². The molecule has 1 aliphatic rings. The number of halogens is 1. The van der Waals surface area contributed by atoms with Crippen molar-refractivity contribution >= 4 is 48.3 Å². The SMILES string of the molecule is C.Cc1cc(NC(=O)c2cnn3c2C(=O)N(c2ccc(Cl)c(C)c2)C[C@@H]3C)cc(C)n1.S. The molecule has 0 bridgehead atoms. The lowest BCUT2D eigenvalue weighted by molar-refractivity contribution is 0.0939. The lowest BCUT2D eigenvalue weighted by Gasteiger charge is -2.32. The Morgan fingerprint density at radius 3 is 2.44 bits per heavy atom. The Kier molecular flexibility index (Phi) is 7.74. The van der Waals surface area contributed by atoms with Crippen LogP contribution in [0.2, 0.25) is 5.02 Å². The molecule has 1 atom stereocenters. The van der Waals surface area contributed by atoms with Crippen molar-refractivity contribution in [2.75, 3.05) is 16.8 Å². The summed E-state index contributed by atoms with van der Waals surface area (Å²) < 4.78 is 1.62. The van der Waals surface area contributed by atoms with Gasteiger partial charge < -0.3 is 10.2 Å². The molecule has 9 heteroatoms. The molecule has 0 saturated carbocycles. The first-order valence-electron chi connectivity index (χ1n) is 9.66. The highest BCUT2D eigenvalue weighted by molar-refractivity contribution is 7.59. The van der Waals surface area contributed by atoms with Crippen LogP contribution in [0.3, 0.4) is 0 Å². The Labute approximate surface area is 200 Å². The molecule has 4 rings (SSSR count). The van der Waals surface area contributed by atoms with E-state index < -0.39 is 0 Å². The molecule has 170 valence electrons. The first-order chi connectivity index (χ1) is 14.2. The molecule has 3 aromatic rings. The number of nitrogens with one attached hydrogen (secondary N) is 1. The van der Waals surface area contributed by atoms with E-state index in [1.807, 2.05) is 39.8 Å². The van der Waals surface area contributed by atoms with Gasteiger partial charge in [0.25, 0.3) is 11.8 Å². The third-order valence-electron chi connectivity index (χ3n) is 5.14. The fourth-order valence-electron chi connectivity index (χ4n) is 3.75. The molecule has 0 fully saturated rings. The molecule has 0 unspecified atom stereocenters. The second-order valence-electron chi connectivity index (χ2n) is 7.64. The van der Waals surface area contributed by atoms with Crippen LogP contribution < -0.4 is 10.2 Å². The molecule has 3 heterocycles. The van der Waals surface area contributed by atoms with Gasteiger partial charge in [-0.25, -0.2) is 0 Å². The van der Waals surface area contributed by atoms with Gasteiger partial charge in [-0.05, 0) is 63.6 Å². The maximum Gasteiger partial charge on any atom is 0.277 e. The average Bonchev–Trinajstić information content (AvgIpc) is 3.12. The first-order valence-corrected chi connectivity index (χ1v) is 10.0. The number of nitrogens with zero attached hydrogens (tertiary/aromatic N) is 4. The van der Waals surface area contributed by atoms with Gasteiger partial charge in [-0.1, -0.05) is 19.0 Å². The van der Waals surface area contributed by atoms with Gasteiger partial charge in [-0.3, -0.25) is 19.3 Å². The highest BCUT2D eigenvalue weighted by Gasteiger charge is 2.35. The Morgan fingerprint density at radius 1 is 1.16 bits per heavy atom. The van der Waals surface area contributed by atoms with Crippen molar-refractivity contribution in [2.45, 2.75) is 41.2 Å². The number of rotatable bonds is 3. The van der Waals surface area contributed by atoms with Gasteiger partial charge in [0.1, 0.15) is 5.69 Å². The third-order valence-corrected chi connectivity index (χ3v) is 5.57. The van der Waals surface area contributed by atoms with Crippen LogP contribution in [0, 0.1) is 20.8 Å². The van der Waals surface area contributed by atoms with E-state index in [4.69, 9.17) is 11.6 Å². The Balaban J connectivity index is 0.00000181. The molecule has 0 spiro atoms. The van der Waals surface area contributed by atoms with E-state index in [2.05, 4.69) is 15.4 Å². The number of hydrogen-bond acceptors (Lipinski definition) is 4. The minimum Gasteiger partial charge on any atom is -0.322 e. The van der Waals surface area contributed by atoms with E-state index in [9.17, 15) is 9.59 Å². The van der Waals surface area contributed by atoms with Crippen LogP contribution in [-0.2, 0) is 0 Å². The zero-order valence-corrected chi connectivity index (χ0v) is 19.5. The van der Waals surface area contributed by atoms with Crippen LogP contribution in [0.25, 0.3) is 0 Å². The molecule has 2 amide bonds. The molecule has 1 N–H and O–H groups in total. The predicted molar refractivity (Wildman–Crippen MR) is 134 cm³/mol. The summed E-state index contributed by atoms with van der Waals surface area (Å²) in [6.07, 6.45) is 1.45. The summed E-state index contributed by atoms with van der Waals surface area (Å²) >= 11 is 6.14. The number of carbonyl (C=O) groups is 2. The number of benzene rings is 1. The van der Waals surface area contributed by atoms with Gasteiger partial charge in [0.2, 0.25) is 0 Å². The second kappa shape index (κ2) is 9.75. The van der Waals surface area contributed by atoms with E-state index in [1.54, 1.807) is 27.8 Å². The molecular formula is C23H28ClN5O2S. The van der Waals surface area contributed by atoms with Crippen molar-refractivity contribution in [3.8, 4) is 0 Å². The lowest BCUT2D eigenvalue weighted by atomic mass is 10.1. The highest BCUT2D eigenvalue weighted by atomic mass is 35.5. The van der Waals surface area contributed by atoms with Crippen molar-refractivity contribution in [1.82, 2.24) is 14.8 Å². The molecule has 32 heavy (non-hydrogen) atoms. The van der Waals surface area contributed by atoms with Gasteiger partial charge in [0.05, 0.1) is 17.8 Å². The molecule has 1 aromatic carbocycles. The number of hydrogen-bond donors (Lipinski definition) is 1.